The summed E-state index contributed by atoms with van der Waals surface area (Å²) < 4.78 is 10.6. The molecule has 1 aromatic rings. The van der Waals surface area contributed by atoms with Gasteiger partial charge in [-0.3, -0.25) is 9.80 Å². The molecule has 27 heavy (non-hydrogen) atoms. The largest absolute Gasteiger partial charge is 0.467 e. The number of rotatable bonds is 3. The summed E-state index contributed by atoms with van der Waals surface area (Å²) >= 11 is 0. The fourth-order valence-corrected chi connectivity index (χ4v) is 4.29. The van der Waals surface area contributed by atoms with Crippen molar-refractivity contribution < 1.29 is 19.1 Å². The molecule has 2 bridgehead atoms. The molecule has 2 saturated heterocycles. The van der Waals surface area contributed by atoms with E-state index < -0.39 is 17.7 Å². The van der Waals surface area contributed by atoms with Crippen LogP contribution in [0.5, 0.6) is 0 Å². The molecule has 2 aliphatic rings. The first-order valence-corrected chi connectivity index (χ1v) is 9.59. The molecular weight excluding hydrogens is 344 g/mol. The number of ether oxygens (including phenoxy) is 2. The zero-order chi connectivity index (χ0) is 19.8. The van der Waals surface area contributed by atoms with E-state index in [1.807, 2.05) is 39.0 Å². The SMILES string of the molecule is COC(=O)[C@H]1[C@H]2C[C@H](CN([C@H](C)c3ccccc3)C2)N1C(=O)OC(C)(C)C. The van der Waals surface area contributed by atoms with E-state index in [4.69, 9.17) is 9.47 Å². The number of benzene rings is 1. The molecule has 6 heteroatoms. The summed E-state index contributed by atoms with van der Waals surface area (Å²) in [7, 11) is 1.38. The molecular formula is C21H30N2O4. The van der Waals surface area contributed by atoms with Gasteiger partial charge in [0.1, 0.15) is 11.6 Å². The summed E-state index contributed by atoms with van der Waals surface area (Å²) in [6.07, 6.45) is 0.372. The molecule has 0 saturated carbocycles. The van der Waals surface area contributed by atoms with Gasteiger partial charge in [0, 0.05) is 31.1 Å². The van der Waals surface area contributed by atoms with E-state index in [1.54, 1.807) is 4.90 Å². The van der Waals surface area contributed by atoms with Crippen LogP contribution < -0.4 is 0 Å². The molecule has 2 heterocycles. The second kappa shape index (κ2) is 7.50. The van der Waals surface area contributed by atoms with Gasteiger partial charge in [-0.1, -0.05) is 30.3 Å². The first kappa shape index (κ1) is 19.7. The van der Waals surface area contributed by atoms with Crippen LogP contribution in [0.25, 0.3) is 0 Å². The average molecular weight is 374 g/mol. The van der Waals surface area contributed by atoms with Crippen LogP contribution in [0.1, 0.15) is 45.7 Å². The number of carbonyl (C=O) groups excluding carboxylic acids is 2. The number of fused-ring (bicyclic) bond motifs is 2. The third kappa shape index (κ3) is 4.10. The second-order valence-electron chi connectivity index (χ2n) is 8.55. The maximum absolute atomic E-state index is 12.9. The summed E-state index contributed by atoms with van der Waals surface area (Å²) in [5.41, 5.74) is 0.628. The molecule has 148 valence electrons. The molecule has 1 amide bonds. The fourth-order valence-electron chi connectivity index (χ4n) is 4.29. The topological polar surface area (TPSA) is 59.1 Å². The van der Waals surface area contributed by atoms with Crippen LogP contribution in [0, 0.1) is 5.92 Å². The lowest BCUT2D eigenvalue weighted by atomic mass is 9.93. The molecule has 2 aliphatic heterocycles. The smallest absolute Gasteiger partial charge is 0.411 e. The number of hydrogen-bond acceptors (Lipinski definition) is 5. The second-order valence-corrected chi connectivity index (χ2v) is 8.55. The van der Waals surface area contributed by atoms with E-state index in [1.165, 1.54) is 12.7 Å². The van der Waals surface area contributed by atoms with Crippen molar-refractivity contribution >= 4 is 12.1 Å². The Hall–Kier alpha value is -2.08. The normalized spacial score (nSPS) is 26.6. The van der Waals surface area contributed by atoms with Crippen molar-refractivity contribution in [1.82, 2.24) is 9.80 Å². The van der Waals surface area contributed by atoms with Gasteiger partial charge >= 0.3 is 12.1 Å². The van der Waals surface area contributed by atoms with Crippen LogP contribution in [0.2, 0.25) is 0 Å². The average Bonchev–Trinajstić information content (AvgIpc) is 2.89. The summed E-state index contributed by atoms with van der Waals surface area (Å²) in [6.45, 7) is 9.16. The van der Waals surface area contributed by atoms with E-state index in [2.05, 4.69) is 24.0 Å². The maximum atomic E-state index is 12.9. The van der Waals surface area contributed by atoms with Crippen molar-refractivity contribution in [3.63, 3.8) is 0 Å². The summed E-state index contributed by atoms with van der Waals surface area (Å²) in [5, 5.41) is 0. The van der Waals surface area contributed by atoms with Gasteiger partial charge in [-0.25, -0.2) is 9.59 Å². The number of esters is 1. The number of methoxy groups -OCH3 is 1. The Labute approximate surface area is 161 Å². The molecule has 3 rings (SSSR count). The Balaban J connectivity index is 1.84. The number of amides is 1. The maximum Gasteiger partial charge on any atom is 0.411 e. The predicted molar refractivity (Wildman–Crippen MR) is 102 cm³/mol. The third-order valence-corrected chi connectivity index (χ3v) is 5.51. The molecule has 6 nitrogen and oxygen atoms in total. The number of likely N-dealkylation sites (tertiary alicyclic amines) is 2. The Morgan fingerprint density at radius 1 is 1.15 bits per heavy atom. The number of hydrogen-bond donors (Lipinski definition) is 0. The van der Waals surface area contributed by atoms with Crippen LogP contribution >= 0.6 is 0 Å². The minimum absolute atomic E-state index is 0.0473. The van der Waals surface area contributed by atoms with Crippen LogP contribution in [0.3, 0.4) is 0 Å². The minimum Gasteiger partial charge on any atom is -0.467 e. The molecule has 2 fully saturated rings. The van der Waals surface area contributed by atoms with E-state index in [0.29, 0.717) is 0 Å². The highest BCUT2D eigenvalue weighted by Gasteiger charge is 2.53. The standard InChI is InChI=1S/C21H30N2O4/c1-14(15-9-7-6-8-10-15)22-12-16-11-17(13-22)23(18(16)19(24)26-5)20(25)27-21(2,3)4/h6-10,14,16-18H,11-13H2,1-5H3/t14-,16+,17-,18-/m1/s1. The van der Waals surface area contributed by atoms with E-state index in [0.717, 1.165) is 19.5 Å². The van der Waals surface area contributed by atoms with Crippen LogP contribution in [-0.2, 0) is 14.3 Å². The van der Waals surface area contributed by atoms with Crippen molar-refractivity contribution in [2.75, 3.05) is 20.2 Å². The van der Waals surface area contributed by atoms with Crippen LogP contribution in [-0.4, -0.2) is 59.7 Å². The first-order chi connectivity index (χ1) is 12.7. The molecule has 1 aromatic carbocycles. The highest BCUT2D eigenvalue weighted by molar-refractivity contribution is 5.83. The summed E-state index contributed by atoms with van der Waals surface area (Å²) in [4.78, 5) is 29.3. The van der Waals surface area contributed by atoms with Crippen molar-refractivity contribution in [3.05, 3.63) is 35.9 Å². The Bertz CT molecular complexity index is 685. The fraction of sp³-hybridized carbons (Fsp3) is 0.619. The molecule has 0 aromatic heterocycles. The van der Waals surface area contributed by atoms with Crippen molar-refractivity contribution in [3.8, 4) is 0 Å². The molecule has 0 spiro atoms. The Morgan fingerprint density at radius 3 is 2.41 bits per heavy atom. The summed E-state index contributed by atoms with van der Waals surface area (Å²) in [6, 6.07) is 9.90. The first-order valence-electron chi connectivity index (χ1n) is 9.59. The van der Waals surface area contributed by atoms with Gasteiger partial charge in [0.2, 0.25) is 0 Å². The highest BCUT2D eigenvalue weighted by Crippen LogP contribution is 2.39. The van der Waals surface area contributed by atoms with Crippen LogP contribution in [0.15, 0.2) is 30.3 Å². The third-order valence-electron chi connectivity index (χ3n) is 5.51. The highest BCUT2D eigenvalue weighted by atomic mass is 16.6. The zero-order valence-corrected chi connectivity index (χ0v) is 16.8. The lowest BCUT2D eigenvalue weighted by Gasteiger charge is -2.36. The van der Waals surface area contributed by atoms with E-state index in [9.17, 15) is 9.59 Å². The monoisotopic (exact) mass is 374 g/mol. The van der Waals surface area contributed by atoms with Gasteiger partial charge < -0.3 is 9.47 Å². The van der Waals surface area contributed by atoms with E-state index >= 15 is 0 Å². The lowest BCUT2D eigenvalue weighted by Crippen LogP contribution is -2.49. The number of piperidine rings is 1. The van der Waals surface area contributed by atoms with Crippen molar-refractivity contribution in [2.45, 2.75) is 57.8 Å². The molecule has 0 aliphatic carbocycles. The number of carbonyl (C=O) groups is 2. The molecule has 0 radical (unpaired) electrons. The van der Waals surface area contributed by atoms with Gasteiger partial charge in [-0.2, -0.15) is 0 Å². The van der Waals surface area contributed by atoms with Gasteiger partial charge in [-0.05, 0) is 39.7 Å². The van der Waals surface area contributed by atoms with Gasteiger partial charge in [-0.15, -0.1) is 0 Å². The minimum atomic E-state index is -0.606. The zero-order valence-electron chi connectivity index (χ0n) is 16.8. The Kier molecular flexibility index (Phi) is 5.47. The predicted octanol–water partition coefficient (Wildman–Crippen LogP) is 3.23. The van der Waals surface area contributed by atoms with E-state index in [-0.39, 0.29) is 24.0 Å². The van der Waals surface area contributed by atoms with Gasteiger partial charge in [0.25, 0.3) is 0 Å². The Morgan fingerprint density at radius 2 is 1.81 bits per heavy atom. The van der Waals surface area contributed by atoms with Gasteiger partial charge in [0.05, 0.1) is 7.11 Å². The molecule has 0 unspecified atom stereocenters. The quantitative estimate of drug-likeness (QED) is 0.760. The number of nitrogens with zero attached hydrogens (tertiary/aromatic N) is 2. The molecule has 0 N–H and O–H groups in total. The summed E-state index contributed by atoms with van der Waals surface area (Å²) in [5.74, 6) is -0.308. The van der Waals surface area contributed by atoms with Gasteiger partial charge in [0.15, 0.2) is 0 Å². The van der Waals surface area contributed by atoms with Crippen LogP contribution in [0.4, 0.5) is 4.79 Å². The van der Waals surface area contributed by atoms with Crippen molar-refractivity contribution in [1.29, 1.82) is 0 Å². The lowest BCUT2D eigenvalue weighted by molar-refractivity contribution is -0.147. The van der Waals surface area contributed by atoms with Crippen molar-refractivity contribution in [2.24, 2.45) is 5.92 Å². The molecule has 4 atom stereocenters.